The Kier molecular flexibility index (Phi) is 5.16. The fourth-order valence-corrected chi connectivity index (χ4v) is 2.46. The topological polar surface area (TPSA) is 72.5 Å². The van der Waals surface area contributed by atoms with E-state index in [2.05, 4.69) is 15.9 Å². The van der Waals surface area contributed by atoms with Crippen LogP contribution < -0.4 is 10.5 Å². The van der Waals surface area contributed by atoms with E-state index >= 15 is 0 Å². The first-order valence-electron chi connectivity index (χ1n) is 5.71. The maximum Gasteiger partial charge on any atom is 0.305 e. The first kappa shape index (κ1) is 15.0. The number of nitrogens with two attached hydrogens (primary N) is 1. The Balaban J connectivity index is 3.31. The molecule has 100 valence electrons. The fraction of sp³-hybridized carbons (Fsp3) is 0.462. The van der Waals surface area contributed by atoms with Crippen molar-refractivity contribution >= 4 is 21.9 Å². The van der Waals surface area contributed by atoms with Crippen molar-refractivity contribution in [2.75, 3.05) is 7.11 Å². The molecule has 0 aliphatic carbocycles. The molecule has 0 spiro atoms. The summed E-state index contributed by atoms with van der Waals surface area (Å²) in [5, 5.41) is 8.85. The number of carbonyl (C=O) groups is 1. The average Bonchev–Trinajstić information content (AvgIpc) is 2.26. The molecule has 0 aliphatic heterocycles. The third-order valence-electron chi connectivity index (χ3n) is 2.73. The zero-order valence-electron chi connectivity index (χ0n) is 10.7. The summed E-state index contributed by atoms with van der Waals surface area (Å²) < 4.78 is 6.18. The molecular weight excluding hydrogens is 298 g/mol. The van der Waals surface area contributed by atoms with Crippen LogP contribution in [0.15, 0.2) is 16.6 Å². The molecule has 4 nitrogen and oxygen atoms in total. The van der Waals surface area contributed by atoms with E-state index < -0.39 is 12.0 Å². The van der Waals surface area contributed by atoms with E-state index in [0.717, 1.165) is 21.3 Å². The molecule has 0 fully saturated rings. The predicted octanol–water partition coefficient (Wildman–Crippen LogP) is 3.06. The molecule has 0 aromatic heterocycles. The van der Waals surface area contributed by atoms with Gasteiger partial charge in [0.25, 0.3) is 0 Å². The minimum atomic E-state index is -0.906. The number of rotatable bonds is 5. The molecule has 0 saturated carbocycles. The van der Waals surface area contributed by atoms with Crippen molar-refractivity contribution in [3.8, 4) is 5.75 Å². The van der Waals surface area contributed by atoms with E-state index in [9.17, 15) is 4.79 Å². The lowest BCUT2D eigenvalue weighted by Gasteiger charge is -2.21. The molecule has 1 rings (SSSR count). The highest BCUT2D eigenvalue weighted by atomic mass is 79.9. The molecule has 0 radical (unpaired) electrons. The second-order valence-electron chi connectivity index (χ2n) is 4.47. The third-order valence-corrected chi connectivity index (χ3v) is 3.19. The monoisotopic (exact) mass is 315 g/mol. The van der Waals surface area contributed by atoms with Gasteiger partial charge in [0.1, 0.15) is 5.75 Å². The van der Waals surface area contributed by atoms with Crippen LogP contribution in [0, 0.1) is 0 Å². The minimum Gasteiger partial charge on any atom is -0.496 e. The first-order chi connectivity index (χ1) is 8.36. The molecule has 3 N–H and O–H groups in total. The average molecular weight is 316 g/mol. The van der Waals surface area contributed by atoms with Crippen molar-refractivity contribution in [2.24, 2.45) is 5.73 Å². The molecule has 0 aliphatic rings. The summed E-state index contributed by atoms with van der Waals surface area (Å²) in [6.45, 7) is 4.06. The second-order valence-corrected chi connectivity index (χ2v) is 5.39. The van der Waals surface area contributed by atoms with Crippen LogP contribution in [0.25, 0.3) is 0 Å². The SMILES string of the molecule is COc1cc(Br)cc(C(N)CC(=O)O)c1C(C)C. The van der Waals surface area contributed by atoms with E-state index in [-0.39, 0.29) is 12.3 Å². The van der Waals surface area contributed by atoms with E-state index in [0.29, 0.717) is 0 Å². The van der Waals surface area contributed by atoms with Gasteiger partial charge in [0.2, 0.25) is 0 Å². The van der Waals surface area contributed by atoms with Gasteiger partial charge < -0.3 is 15.6 Å². The predicted molar refractivity (Wildman–Crippen MR) is 74.0 cm³/mol. The lowest BCUT2D eigenvalue weighted by molar-refractivity contribution is -0.137. The lowest BCUT2D eigenvalue weighted by atomic mass is 9.91. The summed E-state index contributed by atoms with van der Waals surface area (Å²) in [6.07, 6.45) is -0.0979. The van der Waals surface area contributed by atoms with Crippen molar-refractivity contribution in [2.45, 2.75) is 32.2 Å². The lowest BCUT2D eigenvalue weighted by Crippen LogP contribution is -2.17. The van der Waals surface area contributed by atoms with Crippen molar-refractivity contribution in [1.82, 2.24) is 0 Å². The number of ether oxygens (including phenoxy) is 1. The van der Waals surface area contributed by atoms with Crippen molar-refractivity contribution < 1.29 is 14.6 Å². The van der Waals surface area contributed by atoms with E-state index in [4.69, 9.17) is 15.6 Å². The van der Waals surface area contributed by atoms with Gasteiger partial charge in [0, 0.05) is 16.1 Å². The van der Waals surface area contributed by atoms with Gasteiger partial charge in [0.05, 0.1) is 13.5 Å². The van der Waals surface area contributed by atoms with E-state index in [1.807, 2.05) is 26.0 Å². The molecule has 0 heterocycles. The maximum absolute atomic E-state index is 10.8. The standard InChI is InChI=1S/C13H18BrNO3/c1-7(2)13-9(10(15)6-12(16)17)4-8(14)5-11(13)18-3/h4-5,7,10H,6,15H2,1-3H3,(H,16,17). The normalized spacial score (nSPS) is 12.6. The smallest absolute Gasteiger partial charge is 0.305 e. The van der Waals surface area contributed by atoms with Gasteiger partial charge in [-0.1, -0.05) is 29.8 Å². The minimum absolute atomic E-state index is 0.0979. The van der Waals surface area contributed by atoms with Gasteiger partial charge in [-0.3, -0.25) is 4.79 Å². The Labute approximate surface area is 115 Å². The molecule has 0 amide bonds. The third kappa shape index (κ3) is 3.46. The molecule has 1 unspecified atom stereocenters. The Morgan fingerprint density at radius 1 is 1.50 bits per heavy atom. The van der Waals surface area contributed by atoms with Gasteiger partial charge >= 0.3 is 5.97 Å². The van der Waals surface area contributed by atoms with Gasteiger partial charge in [-0.15, -0.1) is 0 Å². The van der Waals surface area contributed by atoms with Gasteiger partial charge in [-0.25, -0.2) is 0 Å². The number of carboxylic acids is 1. The van der Waals surface area contributed by atoms with Crippen LogP contribution in [-0.2, 0) is 4.79 Å². The zero-order chi connectivity index (χ0) is 13.9. The molecule has 1 aromatic rings. The molecule has 18 heavy (non-hydrogen) atoms. The maximum atomic E-state index is 10.8. The number of hydrogen-bond acceptors (Lipinski definition) is 3. The molecule has 1 aromatic carbocycles. The summed E-state index contributed by atoms with van der Waals surface area (Å²) in [5.74, 6) is 0.0363. The second kappa shape index (κ2) is 6.20. The molecule has 1 atom stereocenters. The van der Waals surface area contributed by atoms with Gasteiger partial charge in [-0.05, 0) is 23.6 Å². The highest BCUT2D eigenvalue weighted by molar-refractivity contribution is 9.10. The Bertz CT molecular complexity index is 446. The summed E-state index contributed by atoms with van der Waals surface area (Å²) in [5.41, 5.74) is 7.76. The van der Waals surface area contributed by atoms with Crippen LogP contribution in [0.1, 0.15) is 43.4 Å². The van der Waals surface area contributed by atoms with E-state index in [1.54, 1.807) is 7.11 Å². The Morgan fingerprint density at radius 2 is 2.11 bits per heavy atom. The van der Waals surface area contributed by atoms with Crippen molar-refractivity contribution in [3.05, 3.63) is 27.7 Å². The van der Waals surface area contributed by atoms with Crippen LogP contribution in [0.3, 0.4) is 0 Å². The van der Waals surface area contributed by atoms with Gasteiger partial charge in [0.15, 0.2) is 0 Å². The molecule has 0 bridgehead atoms. The van der Waals surface area contributed by atoms with Gasteiger partial charge in [-0.2, -0.15) is 0 Å². The number of halogens is 1. The quantitative estimate of drug-likeness (QED) is 0.876. The summed E-state index contributed by atoms with van der Waals surface area (Å²) >= 11 is 3.39. The molecule has 5 heteroatoms. The van der Waals surface area contributed by atoms with Crippen LogP contribution in [0.2, 0.25) is 0 Å². The van der Waals surface area contributed by atoms with E-state index in [1.165, 1.54) is 0 Å². The highest BCUT2D eigenvalue weighted by Crippen LogP contribution is 2.36. The van der Waals surface area contributed by atoms with Crippen LogP contribution >= 0.6 is 15.9 Å². The van der Waals surface area contributed by atoms with Crippen LogP contribution in [-0.4, -0.2) is 18.2 Å². The summed E-state index contributed by atoms with van der Waals surface area (Å²) in [4.78, 5) is 10.8. The molecular formula is C13H18BrNO3. The molecule has 0 saturated heterocycles. The van der Waals surface area contributed by atoms with Crippen LogP contribution in [0.5, 0.6) is 5.75 Å². The zero-order valence-corrected chi connectivity index (χ0v) is 12.3. The Hall–Kier alpha value is -1.07. The summed E-state index contributed by atoms with van der Waals surface area (Å²) in [6, 6.07) is 3.20. The van der Waals surface area contributed by atoms with Crippen LogP contribution in [0.4, 0.5) is 0 Å². The largest absolute Gasteiger partial charge is 0.496 e. The highest BCUT2D eigenvalue weighted by Gasteiger charge is 2.20. The number of methoxy groups -OCH3 is 1. The van der Waals surface area contributed by atoms with Crippen molar-refractivity contribution in [3.63, 3.8) is 0 Å². The number of aliphatic carboxylic acids is 1. The Morgan fingerprint density at radius 3 is 2.56 bits per heavy atom. The number of benzene rings is 1. The number of hydrogen-bond donors (Lipinski definition) is 2. The fourth-order valence-electron chi connectivity index (χ4n) is 2.00. The first-order valence-corrected chi connectivity index (χ1v) is 6.50. The van der Waals surface area contributed by atoms with Crippen molar-refractivity contribution in [1.29, 1.82) is 0 Å². The summed E-state index contributed by atoms with van der Waals surface area (Å²) in [7, 11) is 1.60. The number of carboxylic acid groups (broad SMARTS) is 1.